The Morgan fingerprint density at radius 2 is 2.11 bits per heavy atom. The summed E-state index contributed by atoms with van der Waals surface area (Å²) in [5, 5.41) is 0.422. The van der Waals surface area contributed by atoms with Gasteiger partial charge in [0.15, 0.2) is 5.03 Å². The van der Waals surface area contributed by atoms with Gasteiger partial charge in [0.25, 0.3) is 9.05 Å². The summed E-state index contributed by atoms with van der Waals surface area (Å²) in [7, 11) is 1.40. The lowest BCUT2D eigenvalue weighted by Crippen LogP contribution is -1.97. The van der Waals surface area contributed by atoms with Gasteiger partial charge in [-0.05, 0) is 17.7 Å². The Bertz CT molecular complexity index is 685. The second-order valence-electron chi connectivity index (χ2n) is 3.56. The highest BCUT2D eigenvalue weighted by Crippen LogP contribution is 2.22. The third-order valence-electron chi connectivity index (χ3n) is 2.23. The predicted octanol–water partition coefficient (Wildman–Crippen LogP) is 3.27. The first-order chi connectivity index (χ1) is 8.36. The standard InChI is InChI=1S/C10H7BrCl2N2O2S/c11-8-2-1-7(9(12)3-8)4-15-5-10(14-6-15)18(13,16)17/h1-3,5-6H,4H2. The van der Waals surface area contributed by atoms with Crippen LogP contribution in [0.3, 0.4) is 0 Å². The molecule has 0 bridgehead atoms. The molecule has 0 saturated carbocycles. The Kier molecular flexibility index (Phi) is 4.01. The zero-order chi connectivity index (χ0) is 13.3. The lowest BCUT2D eigenvalue weighted by molar-refractivity contribution is 0.606. The molecule has 1 aromatic heterocycles. The van der Waals surface area contributed by atoms with Crippen molar-refractivity contribution in [2.45, 2.75) is 11.6 Å². The van der Waals surface area contributed by atoms with Crippen molar-refractivity contribution in [1.29, 1.82) is 0 Å². The van der Waals surface area contributed by atoms with Crippen LogP contribution in [0.15, 0.2) is 40.2 Å². The molecule has 0 N–H and O–H groups in total. The Hall–Kier alpha value is -0.560. The van der Waals surface area contributed by atoms with Gasteiger partial charge in [0.05, 0.1) is 12.9 Å². The molecule has 0 aliphatic carbocycles. The van der Waals surface area contributed by atoms with E-state index in [2.05, 4.69) is 20.9 Å². The van der Waals surface area contributed by atoms with E-state index in [0.717, 1.165) is 10.0 Å². The third-order valence-corrected chi connectivity index (χ3v) is 4.26. The summed E-state index contributed by atoms with van der Waals surface area (Å²) in [6.07, 6.45) is 2.76. The molecule has 18 heavy (non-hydrogen) atoms. The van der Waals surface area contributed by atoms with Crippen LogP contribution in [0.2, 0.25) is 5.02 Å². The molecular weight excluding hydrogens is 363 g/mol. The Morgan fingerprint density at radius 1 is 1.39 bits per heavy atom. The van der Waals surface area contributed by atoms with E-state index < -0.39 is 9.05 Å². The molecule has 0 spiro atoms. The average molecular weight is 370 g/mol. The second kappa shape index (κ2) is 5.21. The maximum Gasteiger partial charge on any atom is 0.280 e. The smallest absolute Gasteiger partial charge is 0.280 e. The first kappa shape index (κ1) is 13.9. The molecular formula is C10H7BrCl2N2O2S. The number of hydrogen-bond donors (Lipinski definition) is 0. The Labute approximate surface area is 122 Å². The lowest BCUT2D eigenvalue weighted by atomic mass is 10.2. The van der Waals surface area contributed by atoms with E-state index in [9.17, 15) is 8.42 Å². The van der Waals surface area contributed by atoms with Crippen LogP contribution in [0.25, 0.3) is 0 Å². The molecule has 2 aromatic rings. The quantitative estimate of drug-likeness (QED) is 0.780. The highest BCUT2D eigenvalue weighted by atomic mass is 79.9. The van der Waals surface area contributed by atoms with Crippen LogP contribution < -0.4 is 0 Å². The van der Waals surface area contributed by atoms with Crippen molar-refractivity contribution in [3.8, 4) is 0 Å². The van der Waals surface area contributed by atoms with E-state index in [1.54, 1.807) is 10.6 Å². The van der Waals surface area contributed by atoms with E-state index in [1.807, 2.05) is 12.1 Å². The molecule has 0 atom stereocenters. The highest BCUT2D eigenvalue weighted by molar-refractivity contribution is 9.10. The third kappa shape index (κ3) is 3.26. The van der Waals surface area contributed by atoms with E-state index in [0.29, 0.717) is 11.6 Å². The summed E-state index contributed by atoms with van der Waals surface area (Å²) in [6, 6.07) is 5.48. The monoisotopic (exact) mass is 368 g/mol. The first-order valence-corrected chi connectivity index (χ1v) is 8.24. The number of benzene rings is 1. The van der Waals surface area contributed by atoms with Crippen molar-refractivity contribution in [3.63, 3.8) is 0 Å². The Balaban J connectivity index is 2.27. The summed E-state index contributed by atoms with van der Waals surface area (Å²) in [4.78, 5) is 3.72. The minimum absolute atomic E-state index is 0.169. The van der Waals surface area contributed by atoms with Crippen LogP contribution in [-0.2, 0) is 15.6 Å². The Morgan fingerprint density at radius 3 is 2.67 bits per heavy atom. The molecule has 1 heterocycles. The summed E-state index contributed by atoms with van der Waals surface area (Å²) in [6.45, 7) is 0.422. The van der Waals surface area contributed by atoms with Crippen LogP contribution in [-0.4, -0.2) is 18.0 Å². The van der Waals surface area contributed by atoms with Crippen molar-refractivity contribution >= 4 is 47.3 Å². The van der Waals surface area contributed by atoms with Crippen LogP contribution in [0.1, 0.15) is 5.56 Å². The molecule has 0 aliphatic rings. The summed E-state index contributed by atoms with van der Waals surface area (Å²) in [5.74, 6) is 0. The predicted molar refractivity (Wildman–Crippen MR) is 73.5 cm³/mol. The topological polar surface area (TPSA) is 52.0 Å². The normalized spacial score (nSPS) is 11.7. The molecule has 4 nitrogen and oxygen atoms in total. The van der Waals surface area contributed by atoms with E-state index in [-0.39, 0.29) is 5.03 Å². The number of imidazole rings is 1. The lowest BCUT2D eigenvalue weighted by Gasteiger charge is -2.05. The molecule has 8 heteroatoms. The molecule has 0 aliphatic heterocycles. The van der Waals surface area contributed by atoms with Crippen LogP contribution >= 0.6 is 38.2 Å². The zero-order valence-electron chi connectivity index (χ0n) is 8.85. The van der Waals surface area contributed by atoms with Gasteiger partial charge >= 0.3 is 0 Å². The van der Waals surface area contributed by atoms with Gasteiger partial charge in [-0.2, -0.15) is 0 Å². The summed E-state index contributed by atoms with van der Waals surface area (Å²) >= 11 is 9.38. The van der Waals surface area contributed by atoms with Crippen molar-refractivity contribution in [3.05, 3.63) is 45.8 Å². The van der Waals surface area contributed by atoms with E-state index >= 15 is 0 Å². The number of aromatic nitrogens is 2. The van der Waals surface area contributed by atoms with Crippen molar-refractivity contribution in [1.82, 2.24) is 9.55 Å². The fourth-order valence-corrected chi connectivity index (χ4v) is 2.81. The number of hydrogen-bond acceptors (Lipinski definition) is 3. The minimum Gasteiger partial charge on any atom is -0.332 e. The van der Waals surface area contributed by atoms with Gasteiger partial charge in [-0.3, -0.25) is 0 Å². The molecule has 0 amide bonds. The summed E-state index contributed by atoms with van der Waals surface area (Å²) < 4.78 is 24.6. The minimum atomic E-state index is -3.79. The molecule has 0 saturated heterocycles. The van der Waals surface area contributed by atoms with Gasteiger partial charge in [0.1, 0.15) is 0 Å². The average Bonchev–Trinajstić information content (AvgIpc) is 2.70. The zero-order valence-corrected chi connectivity index (χ0v) is 12.8. The van der Waals surface area contributed by atoms with Gasteiger partial charge in [0.2, 0.25) is 0 Å². The molecule has 1 aromatic carbocycles. The SMILES string of the molecule is O=S(=O)(Cl)c1cn(Cc2ccc(Br)cc2Cl)cn1. The molecule has 96 valence electrons. The maximum atomic E-state index is 11.1. The van der Waals surface area contributed by atoms with Gasteiger partial charge in [0, 0.05) is 26.4 Å². The van der Waals surface area contributed by atoms with Crippen LogP contribution in [0.5, 0.6) is 0 Å². The van der Waals surface area contributed by atoms with Gasteiger partial charge in [-0.25, -0.2) is 13.4 Å². The van der Waals surface area contributed by atoms with Crippen molar-refractivity contribution in [2.24, 2.45) is 0 Å². The fourth-order valence-electron chi connectivity index (χ4n) is 1.40. The summed E-state index contributed by atoms with van der Waals surface area (Å²) in [5.41, 5.74) is 0.857. The van der Waals surface area contributed by atoms with E-state index in [4.69, 9.17) is 22.3 Å². The number of nitrogens with zero attached hydrogens (tertiary/aromatic N) is 2. The number of rotatable bonds is 3. The maximum absolute atomic E-state index is 11.1. The highest BCUT2D eigenvalue weighted by Gasteiger charge is 2.13. The van der Waals surface area contributed by atoms with Crippen LogP contribution in [0.4, 0.5) is 0 Å². The first-order valence-electron chi connectivity index (χ1n) is 4.76. The molecule has 0 radical (unpaired) electrons. The molecule has 0 fully saturated rings. The second-order valence-corrected chi connectivity index (χ2v) is 7.39. The fraction of sp³-hybridized carbons (Fsp3) is 0.100. The van der Waals surface area contributed by atoms with Crippen molar-refractivity contribution in [2.75, 3.05) is 0 Å². The molecule has 0 unspecified atom stereocenters. The van der Waals surface area contributed by atoms with Crippen LogP contribution in [0, 0.1) is 0 Å². The van der Waals surface area contributed by atoms with E-state index in [1.165, 1.54) is 12.5 Å². The molecule has 2 rings (SSSR count). The number of halogens is 3. The largest absolute Gasteiger partial charge is 0.332 e. The van der Waals surface area contributed by atoms with Gasteiger partial charge in [-0.1, -0.05) is 33.6 Å². The van der Waals surface area contributed by atoms with Gasteiger partial charge in [-0.15, -0.1) is 0 Å². The van der Waals surface area contributed by atoms with Gasteiger partial charge < -0.3 is 4.57 Å². The van der Waals surface area contributed by atoms with Crippen molar-refractivity contribution < 1.29 is 8.42 Å².